The Hall–Kier alpha value is -0.770. The second-order valence-corrected chi connectivity index (χ2v) is 18.6. The molecule has 4 aliphatic carbocycles. The van der Waals surface area contributed by atoms with Crippen molar-refractivity contribution in [2.45, 2.75) is 179 Å². The highest BCUT2D eigenvalue weighted by Crippen LogP contribution is 2.71. The van der Waals surface area contributed by atoms with Crippen LogP contribution in [0.1, 0.15) is 99.3 Å². The molecule has 12 nitrogen and oxygen atoms in total. The maximum Gasteiger partial charge on any atom is 0.187 e. The van der Waals surface area contributed by atoms with Crippen LogP contribution in [0, 0.1) is 52.3 Å². The molecule has 4 saturated heterocycles. The summed E-state index contributed by atoms with van der Waals surface area (Å²) in [5.41, 5.74) is -0.0292. The van der Waals surface area contributed by atoms with E-state index < -0.39 is 67.2 Å². The summed E-state index contributed by atoms with van der Waals surface area (Å²) in [7, 11) is 0. The quantitative estimate of drug-likeness (QED) is 0.269. The lowest BCUT2D eigenvalue weighted by molar-refractivity contribution is -0.362. The maximum atomic E-state index is 13.1. The lowest BCUT2D eigenvalue weighted by Gasteiger charge is -2.62. The Morgan fingerprint density at radius 3 is 2.14 bits per heavy atom. The fraction of sp³-hybridized carbons (Fsp3) is 0.974. The highest BCUT2D eigenvalue weighted by Gasteiger charge is 2.70. The van der Waals surface area contributed by atoms with Crippen LogP contribution in [0.25, 0.3) is 0 Å². The van der Waals surface area contributed by atoms with E-state index in [-0.39, 0.29) is 34.7 Å². The van der Waals surface area contributed by atoms with Crippen LogP contribution < -0.4 is 0 Å². The SMILES string of the molecule is C[C@H]1CC[C@@]2(OC1)O[C@H]1C[C@H]3[C@@H]4C[C@H](O[C@@H]5O[C@H](C)[C@@H](O)[C@H](O[C@@H]6O[C@@H](C)[C@H](O)[C@@H](O)[C@H]6O)[C@H]5O)[C@H]5CC(=O)CC[C@]5(C)[C@H]4CC[C@]3(C)[C@H]1[C@@H]2C. The first kappa shape index (κ1) is 37.2. The van der Waals surface area contributed by atoms with Gasteiger partial charge in [0.1, 0.15) is 42.4 Å². The number of ketones is 1. The lowest BCUT2D eigenvalue weighted by Crippen LogP contribution is -2.64. The van der Waals surface area contributed by atoms with Crippen LogP contribution in [0.15, 0.2) is 0 Å². The van der Waals surface area contributed by atoms with E-state index in [2.05, 4.69) is 27.7 Å². The van der Waals surface area contributed by atoms with Gasteiger partial charge in [-0.15, -0.1) is 0 Å². The molecule has 0 unspecified atom stereocenters. The number of hydrogen-bond donors (Lipinski definition) is 5. The summed E-state index contributed by atoms with van der Waals surface area (Å²) in [5, 5.41) is 53.9. The van der Waals surface area contributed by atoms with Crippen molar-refractivity contribution < 1.29 is 58.7 Å². The molecule has 0 aromatic heterocycles. The lowest BCUT2D eigenvalue weighted by atomic mass is 9.43. The zero-order valence-corrected chi connectivity index (χ0v) is 31.1. The second kappa shape index (κ2) is 13.2. The van der Waals surface area contributed by atoms with Crippen molar-refractivity contribution in [3.63, 3.8) is 0 Å². The van der Waals surface area contributed by atoms with Gasteiger partial charge in [0.2, 0.25) is 0 Å². The first-order valence-electron chi connectivity index (χ1n) is 19.9. The van der Waals surface area contributed by atoms with E-state index in [4.69, 9.17) is 28.4 Å². The van der Waals surface area contributed by atoms with Crippen LogP contribution in [0.5, 0.6) is 0 Å². The van der Waals surface area contributed by atoms with Crippen LogP contribution in [0.3, 0.4) is 0 Å². The Morgan fingerprint density at radius 2 is 1.43 bits per heavy atom. The molecule has 5 N–H and O–H groups in total. The minimum atomic E-state index is -1.60. The van der Waals surface area contributed by atoms with E-state index in [1.165, 1.54) is 0 Å². The molecular weight excluding hydrogens is 660 g/mol. The number of carbonyl (C=O) groups is 1. The van der Waals surface area contributed by atoms with Crippen molar-refractivity contribution in [1.82, 2.24) is 0 Å². The average molecular weight is 723 g/mol. The van der Waals surface area contributed by atoms with Gasteiger partial charge >= 0.3 is 0 Å². The summed E-state index contributed by atoms with van der Waals surface area (Å²) < 4.78 is 38.1. The van der Waals surface area contributed by atoms with Crippen molar-refractivity contribution in [2.75, 3.05) is 6.61 Å². The van der Waals surface area contributed by atoms with Gasteiger partial charge in [0.25, 0.3) is 0 Å². The first-order valence-corrected chi connectivity index (χ1v) is 19.9. The Balaban J connectivity index is 1.04. The number of hydrogen-bond acceptors (Lipinski definition) is 12. The van der Waals surface area contributed by atoms with Crippen LogP contribution >= 0.6 is 0 Å². The van der Waals surface area contributed by atoms with Crippen LogP contribution in [0.2, 0.25) is 0 Å². The van der Waals surface area contributed by atoms with Crippen molar-refractivity contribution in [3.8, 4) is 0 Å². The highest BCUT2D eigenvalue weighted by atomic mass is 16.7. The van der Waals surface area contributed by atoms with E-state index in [1.807, 2.05) is 0 Å². The molecule has 8 aliphatic rings. The van der Waals surface area contributed by atoms with Crippen molar-refractivity contribution in [3.05, 3.63) is 0 Å². The Morgan fingerprint density at radius 1 is 0.725 bits per heavy atom. The van der Waals surface area contributed by atoms with Gasteiger partial charge in [-0.05, 0) is 98.7 Å². The van der Waals surface area contributed by atoms with Gasteiger partial charge in [-0.25, -0.2) is 0 Å². The molecule has 22 atom stereocenters. The molecule has 1 spiro atoms. The fourth-order valence-corrected chi connectivity index (χ4v) is 12.9. The minimum Gasteiger partial charge on any atom is -0.388 e. The normalized spacial score (nSPS) is 60.0. The summed E-state index contributed by atoms with van der Waals surface area (Å²) in [6, 6.07) is 0. The van der Waals surface area contributed by atoms with Gasteiger partial charge in [0.15, 0.2) is 18.4 Å². The van der Waals surface area contributed by atoms with E-state index in [9.17, 15) is 30.3 Å². The van der Waals surface area contributed by atoms with Crippen molar-refractivity contribution >= 4 is 5.78 Å². The Labute approximate surface area is 301 Å². The molecule has 0 aromatic carbocycles. The molecule has 8 fully saturated rings. The molecule has 4 saturated carbocycles. The zero-order chi connectivity index (χ0) is 36.4. The third kappa shape index (κ3) is 5.75. The molecule has 290 valence electrons. The van der Waals surface area contributed by atoms with Gasteiger partial charge in [0.05, 0.1) is 31.0 Å². The minimum absolute atomic E-state index is 0.0420. The number of ether oxygens (including phenoxy) is 6. The monoisotopic (exact) mass is 722 g/mol. The number of aliphatic hydroxyl groups is 5. The second-order valence-electron chi connectivity index (χ2n) is 18.6. The Bertz CT molecular complexity index is 1310. The number of aliphatic hydroxyl groups excluding tert-OH is 5. The van der Waals surface area contributed by atoms with Crippen LogP contribution in [-0.2, 0) is 33.2 Å². The topological polar surface area (TPSA) is 174 Å². The molecule has 4 aliphatic heterocycles. The van der Waals surface area contributed by atoms with E-state index in [0.29, 0.717) is 48.3 Å². The highest BCUT2D eigenvalue weighted by molar-refractivity contribution is 5.79. The summed E-state index contributed by atoms with van der Waals surface area (Å²) in [4.78, 5) is 13.1. The van der Waals surface area contributed by atoms with E-state index >= 15 is 0 Å². The summed E-state index contributed by atoms with van der Waals surface area (Å²) in [6.07, 6.45) is -5.02. The van der Waals surface area contributed by atoms with E-state index in [0.717, 1.165) is 51.6 Å². The number of fused-ring (bicyclic) bond motifs is 7. The van der Waals surface area contributed by atoms with Crippen molar-refractivity contribution in [1.29, 1.82) is 0 Å². The molecule has 8 rings (SSSR count). The molecular formula is C39H62O12. The molecule has 51 heavy (non-hydrogen) atoms. The van der Waals surface area contributed by atoms with Gasteiger partial charge in [-0.3, -0.25) is 4.79 Å². The molecule has 0 aromatic rings. The molecule has 4 heterocycles. The summed E-state index contributed by atoms with van der Waals surface area (Å²) in [5.74, 6) is 2.23. The Kier molecular flexibility index (Phi) is 9.60. The zero-order valence-electron chi connectivity index (χ0n) is 31.1. The number of Topliss-reactive ketones (excluding diaryl/α,β-unsaturated/α-hetero) is 1. The van der Waals surface area contributed by atoms with Crippen LogP contribution in [0.4, 0.5) is 0 Å². The number of carbonyl (C=O) groups excluding carboxylic acids is 1. The van der Waals surface area contributed by atoms with Crippen LogP contribution in [-0.4, -0.2) is 117 Å². The standard InChI is InChI=1S/C39H62O12/c1-17-7-12-39(46-16-17)18(2)28-27(51-39)15-24-22-14-26(25-13-21(40)8-10-37(25,5)23(22)9-11-38(24,28)6)49-36-33(45)34(30(42)20(4)48-36)50-35-32(44)31(43)29(41)19(3)47-35/h17-20,22-36,41-45H,7-16H2,1-6H3/t17-,18-,19-,20+,22+,23-,24-,25+,26-,27-,28-,29-,30+,31+,32+,33+,34-,35-,36-,37+,38-,39+/m0/s1. The molecule has 0 bridgehead atoms. The van der Waals surface area contributed by atoms with Gasteiger partial charge in [-0.2, -0.15) is 0 Å². The fourth-order valence-electron chi connectivity index (χ4n) is 12.9. The van der Waals surface area contributed by atoms with Gasteiger partial charge in [0, 0.05) is 25.2 Å². The smallest absolute Gasteiger partial charge is 0.187 e. The van der Waals surface area contributed by atoms with E-state index in [1.54, 1.807) is 13.8 Å². The average Bonchev–Trinajstić information content (AvgIpc) is 3.54. The maximum absolute atomic E-state index is 13.1. The molecule has 0 amide bonds. The molecule has 0 radical (unpaired) electrons. The van der Waals surface area contributed by atoms with Crippen molar-refractivity contribution in [2.24, 2.45) is 52.3 Å². The third-order valence-corrected chi connectivity index (χ3v) is 15.9. The van der Waals surface area contributed by atoms with Gasteiger partial charge in [-0.1, -0.05) is 27.7 Å². The van der Waals surface area contributed by atoms with Gasteiger partial charge < -0.3 is 54.0 Å². The summed E-state index contributed by atoms with van der Waals surface area (Å²) in [6.45, 7) is 13.4. The summed E-state index contributed by atoms with van der Waals surface area (Å²) >= 11 is 0. The predicted molar refractivity (Wildman–Crippen MR) is 181 cm³/mol. The molecule has 12 heteroatoms. The number of rotatable bonds is 4. The first-order chi connectivity index (χ1) is 24.1. The predicted octanol–water partition coefficient (Wildman–Crippen LogP) is 2.68. The third-order valence-electron chi connectivity index (χ3n) is 15.9. The largest absolute Gasteiger partial charge is 0.388 e.